The van der Waals surface area contributed by atoms with E-state index in [-0.39, 0.29) is 0 Å². The Balaban J connectivity index is 2.02. The second kappa shape index (κ2) is 4.77. The van der Waals surface area contributed by atoms with Crippen molar-refractivity contribution in [3.8, 4) is 0 Å². The first-order chi connectivity index (χ1) is 7.42. The molecule has 0 unspecified atom stereocenters. The van der Waals surface area contributed by atoms with Crippen LogP contribution in [0.2, 0.25) is 0 Å². The van der Waals surface area contributed by atoms with Gasteiger partial charge >= 0.3 is 0 Å². The van der Waals surface area contributed by atoms with Gasteiger partial charge in [0.25, 0.3) is 0 Å². The van der Waals surface area contributed by atoms with Crippen LogP contribution in [0.3, 0.4) is 0 Å². The summed E-state index contributed by atoms with van der Waals surface area (Å²) in [6, 6.07) is 1.99. The number of nitrogens with zero attached hydrogens (tertiary/aromatic N) is 3. The van der Waals surface area contributed by atoms with Crippen LogP contribution in [-0.2, 0) is 0 Å². The van der Waals surface area contributed by atoms with Gasteiger partial charge in [-0.3, -0.25) is 4.68 Å². The Morgan fingerprint density at radius 1 is 1.40 bits per heavy atom. The van der Waals surface area contributed by atoms with Crippen molar-refractivity contribution in [2.24, 2.45) is 0 Å². The molecule has 1 N–H and O–H groups in total. The van der Waals surface area contributed by atoms with E-state index in [1.165, 1.54) is 19.3 Å². The van der Waals surface area contributed by atoms with E-state index in [0.29, 0.717) is 0 Å². The number of aromatic nitrogens is 3. The topological polar surface area (TPSA) is 42.7 Å². The second-order valence-electron chi connectivity index (χ2n) is 3.59. The maximum atomic E-state index is 4.17. The standard InChI is InChI=1S/C11H16N4/c1-2-3-4-6-14-15-7-5-10-11(15)8-12-9-13-10/h5,7-9,14H,2-4,6H2,1H3. The molecule has 0 amide bonds. The fourth-order valence-corrected chi connectivity index (χ4v) is 1.58. The maximum absolute atomic E-state index is 4.17. The van der Waals surface area contributed by atoms with Crippen LogP contribution in [-0.4, -0.2) is 21.2 Å². The minimum atomic E-state index is 0.980. The number of hydrogen-bond acceptors (Lipinski definition) is 3. The van der Waals surface area contributed by atoms with E-state index in [0.717, 1.165) is 17.6 Å². The van der Waals surface area contributed by atoms with Crippen molar-refractivity contribution in [3.05, 3.63) is 24.8 Å². The van der Waals surface area contributed by atoms with E-state index >= 15 is 0 Å². The first kappa shape index (κ1) is 9.96. The second-order valence-corrected chi connectivity index (χ2v) is 3.59. The molecule has 80 valence electrons. The van der Waals surface area contributed by atoms with Crippen LogP contribution >= 0.6 is 0 Å². The normalized spacial score (nSPS) is 10.7. The van der Waals surface area contributed by atoms with E-state index in [1.807, 2.05) is 23.1 Å². The van der Waals surface area contributed by atoms with Gasteiger partial charge in [0, 0.05) is 12.7 Å². The Labute approximate surface area is 89.3 Å². The number of rotatable bonds is 5. The summed E-state index contributed by atoms with van der Waals surface area (Å²) < 4.78 is 1.99. The fourth-order valence-electron chi connectivity index (χ4n) is 1.58. The third-order valence-electron chi connectivity index (χ3n) is 2.43. The molecule has 2 aromatic heterocycles. The van der Waals surface area contributed by atoms with Gasteiger partial charge in [-0.2, -0.15) is 0 Å². The Morgan fingerprint density at radius 2 is 2.33 bits per heavy atom. The van der Waals surface area contributed by atoms with Gasteiger partial charge in [-0.05, 0) is 12.5 Å². The molecule has 0 atom stereocenters. The van der Waals surface area contributed by atoms with Gasteiger partial charge in [0.1, 0.15) is 11.8 Å². The van der Waals surface area contributed by atoms with Crippen molar-refractivity contribution < 1.29 is 0 Å². The molecule has 4 nitrogen and oxygen atoms in total. The first-order valence-electron chi connectivity index (χ1n) is 5.42. The van der Waals surface area contributed by atoms with Gasteiger partial charge in [-0.15, -0.1) is 0 Å². The molecule has 2 heterocycles. The predicted octanol–water partition coefficient (Wildman–Crippen LogP) is 2.17. The summed E-state index contributed by atoms with van der Waals surface area (Å²) in [6.07, 6.45) is 9.11. The highest BCUT2D eigenvalue weighted by atomic mass is 15.4. The Hall–Kier alpha value is -1.58. The molecule has 0 aromatic carbocycles. The molecule has 0 aliphatic carbocycles. The van der Waals surface area contributed by atoms with Gasteiger partial charge in [-0.1, -0.05) is 19.8 Å². The molecular formula is C11H16N4. The molecule has 4 heteroatoms. The maximum Gasteiger partial charge on any atom is 0.116 e. The lowest BCUT2D eigenvalue weighted by Crippen LogP contribution is -2.14. The molecule has 0 saturated heterocycles. The van der Waals surface area contributed by atoms with Crippen molar-refractivity contribution in [2.45, 2.75) is 26.2 Å². The summed E-state index contributed by atoms with van der Waals surface area (Å²) in [5, 5.41) is 0. The molecule has 2 rings (SSSR count). The summed E-state index contributed by atoms with van der Waals surface area (Å²) in [7, 11) is 0. The van der Waals surface area contributed by atoms with E-state index in [1.54, 1.807) is 6.33 Å². The summed E-state index contributed by atoms with van der Waals surface area (Å²) in [4.78, 5) is 8.19. The molecular weight excluding hydrogens is 188 g/mol. The smallest absolute Gasteiger partial charge is 0.116 e. The highest BCUT2D eigenvalue weighted by Crippen LogP contribution is 2.08. The van der Waals surface area contributed by atoms with E-state index in [9.17, 15) is 0 Å². The van der Waals surface area contributed by atoms with Gasteiger partial charge < -0.3 is 5.43 Å². The lowest BCUT2D eigenvalue weighted by Gasteiger charge is -2.07. The van der Waals surface area contributed by atoms with Gasteiger partial charge in [0.05, 0.1) is 11.7 Å². The van der Waals surface area contributed by atoms with E-state index in [2.05, 4.69) is 22.3 Å². The van der Waals surface area contributed by atoms with Crippen LogP contribution in [0, 0.1) is 0 Å². The Kier molecular flexibility index (Phi) is 3.17. The number of hydrogen-bond donors (Lipinski definition) is 1. The van der Waals surface area contributed by atoms with Gasteiger partial charge in [0.2, 0.25) is 0 Å². The summed E-state index contributed by atoms with van der Waals surface area (Å²) in [5.74, 6) is 0. The number of fused-ring (bicyclic) bond motifs is 1. The summed E-state index contributed by atoms with van der Waals surface area (Å²) in [6.45, 7) is 3.20. The van der Waals surface area contributed by atoms with Crippen LogP contribution in [0.25, 0.3) is 11.0 Å². The van der Waals surface area contributed by atoms with Crippen molar-refractivity contribution in [2.75, 3.05) is 12.0 Å². The number of nitrogens with one attached hydrogen (secondary N) is 1. The van der Waals surface area contributed by atoms with Crippen LogP contribution in [0.1, 0.15) is 26.2 Å². The summed E-state index contributed by atoms with van der Waals surface area (Å²) in [5.41, 5.74) is 5.35. The van der Waals surface area contributed by atoms with Crippen LogP contribution < -0.4 is 5.43 Å². The van der Waals surface area contributed by atoms with E-state index < -0.39 is 0 Å². The van der Waals surface area contributed by atoms with Crippen LogP contribution in [0.5, 0.6) is 0 Å². The summed E-state index contributed by atoms with van der Waals surface area (Å²) >= 11 is 0. The van der Waals surface area contributed by atoms with E-state index in [4.69, 9.17) is 0 Å². The first-order valence-corrected chi connectivity index (χ1v) is 5.42. The highest BCUT2D eigenvalue weighted by molar-refractivity contribution is 5.74. The molecule has 2 aromatic rings. The molecule has 0 saturated carbocycles. The molecule has 0 bridgehead atoms. The largest absolute Gasteiger partial charge is 0.326 e. The molecule has 0 spiro atoms. The lowest BCUT2D eigenvalue weighted by molar-refractivity contribution is 0.708. The zero-order valence-electron chi connectivity index (χ0n) is 8.98. The van der Waals surface area contributed by atoms with Gasteiger partial charge in [-0.25, -0.2) is 9.97 Å². The Bertz CT molecular complexity index is 421. The van der Waals surface area contributed by atoms with Crippen LogP contribution in [0.15, 0.2) is 24.8 Å². The lowest BCUT2D eigenvalue weighted by atomic mass is 10.2. The monoisotopic (exact) mass is 204 g/mol. The quantitative estimate of drug-likeness (QED) is 0.759. The minimum absolute atomic E-state index is 0.980. The van der Waals surface area contributed by atoms with Crippen molar-refractivity contribution in [3.63, 3.8) is 0 Å². The zero-order chi connectivity index (χ0) is 10.5. The Morgan fingerprint density at radius 3 is 3.20 bits per heavy atom. The van der Waals surface area contributed by atoms with Crippen molar-refractivity contribution in [1.82, 2.24) is 14.6 Å². The average molecular weight is 204 g/mol. The molecule has 0 aliphatic heterocycles. The molecule has 0 fully saturated rings. The van der Waals surface area contributed by atoms with Crippen molar-refractivity contribution >= 4 is 11.0 Å². The third kappa shape index (κ3) is 2.26. The zero-order valence-corrected chi connectivity index (χ0v) is 8.98. The third-order valence-corrected chi connectivity index (χ3v) is 2.43. The fraction of sp³-hybridized carbons (Fsp3) is 0.455. The average Bonchev–Trinajstić information content (AvgIpc) is 2.68. The highest BCUT2D eigenvalue weighted by Gasteiger charge is 1.99. The SMILES string of the molecule is CCCCCNn1ccc2ncncc21. The van der Waals surface area contributed by atoms with Gasteiger partial charge in [0.15, 0.2) is 0 Å². The van der Waals surface area contributed by atoms with Crippen LogP contribution in [0.4, 0.5) is 0 Å². The molecule has 15 heavy (non-hydrogen) atoms. The van der Waals surface area contributed by atoms with Crippen molar-refractivity contribution in [1.29, 1.82) is 0 Å². The molecule has 0 aliphatic rings. The predicted molar refractivity (Wildman–Crippen MR) is 61.3 cm³/mol. The molecule has 0 radical (unpaired) electrons. The minimum Gasteiger partial charge on any atom is -0.326 e. The number of unbranched alkanes of at least 4 members (excludes halogenated alkanes) is 2.